The molecular formula is C23H28F3N3O2. The van der Waals surface area contributed by atoms with E-state index in [9.17, 15) is 18.0 Å². The highest BCUT2D eigenvalue weighted by molar-refractivity contribution is 6.04. The van der Waals surface area contributed by atoms with Gasteiger partial charge in [0.05, 0.1) is 24.5 Å². The zero-order valence-electron chi connectivity index (χ0n) is 17.8. The quantitative estimate of drug-likeness (QED) is 0.689. The molecule has 0 aromatic heterocycles. The SMILES string of the molecule is CCN(CC)Cc1ccc(C(=O)Nc2ccc(N3CCOCC3)cc2C(F)(F)F)cc1. The lowest BCUT2D eigenvalue weighted by molar-refractivity contribution is -0.136. The molecule has 0 saturated carbocycles. The van der Waals surface area contributed by atoms with Gasteiger partial charge in [0, 0.05) is 30.9 Å². The first-order chi connectivity index (χ1) is 14.8. The maximum absolute atomic E-state index is 13.7. The van der Waals surface area contributed by atoms with Crippen LogP contribution in [0.3, 0.4) is 0 Å². The van der Waals surface area contributed by atoms with Gasteiger partial charge in [-0.1, -0.05) is 26.0 Å². The van der Waals surface area contributed by atoms with Gasteiger partial charge in [-0.3, -0.25) is 9.69 Å². The lowest BCUT2D eigenvalue weighted by Gasteiger charge is -2.29. The summed E-state index contributed by atoms with van der Waals surface area (Å²) in [5.74, 6) is -0.570. The molecule has 2 aromatic rings. The van der Waals surface area contributed by atoms with Crippen LogP contribution >= 0.6 is 0 Å². The molecular weight excluding hydrogens is 407 g/mol. The van der Waals surface area contributed by atoms with Crippen molar-refractivity contribution < 1.29 is 22.7 Å². The van der Waals surface area contributed by atoms with Crippen LogP contribution in [0.5, 0.6) is 0 Å². The van der Waals surface area contributed by atoms with Crippen LogP contribution in [0.15, 0.2) is 42.5 Å². The predicted molar refractivity (Wildman–Crippen MR) is 115 cm³/mol. The van der Waals surface area contributed by atoms with E-state index in [4.69, 9.17) is 4.74 Å². The summed E-state index contributed by atoms with van der Waals surface area (Å²) in [5.41, 5.74) is 0.721. The lowest BCUT2D eigenvalue weighted by Crippen LogP contribution is -2.36. The summed E-state index contributed by atoms with van der Waals surface area (Å²) in [4.78, 5) is 16.7. The number of ether oxygens (including phenoxy) is 1. The summed E-state index contributed by atoms with van der Waals surface area (Å²) >= 11 is 0. The summed E-state index contributed by atoms with van der Waals surface area (Å²) in [7, 11) is 0. The zero-order valence-corrected chi connectivity index (χ0v) is 17.8. The molecule has 1 aliphatic heterocycles. The molecule has 0 bridgehead atoms. The minimum absolute atomic E-state index is 0.248. The lowest BCUT2D eigenvalue weighted by atomic mass is 10.1. The van der Waals surface area contributed by atoms with E-state index < -0.39 is 17.6 Å². The second kappa shape index (κ2) is 10.2. The molecule has 0 aliphatic carbocycles. The van der Waals surface area contributed by atoms with E-state index >= 15 is 0 Å². The minimum Gasteiger partial charge on any atom is -0.378 e. The molecule has 1 amide bonds. The average molecular weight is 435 g/mol. The molecule has 1 N–H and O–H groups in total. The van der Waals surface area contributed by atoms with E-state index in [0.717, 1.165) is 31.3 Å². The predicted octanol–water partition coefficient (Wildman–Crippen LogP) is 4.64. The van der Waals surface area contributed by atoms with Gasteiger partial charge >= 0.3 is 6.18 Å². The molecule has 8 heteroatoms. The van der Waals surface area contributed by atoms with Crippen molar-refractivity contribution in [3.8, 4) is 0 Å². The fourth-order valence-electron chi connectivity index (χ4n) is 3.56. The van der Waals surface area contributed by atoms with Gasteiger partial charge in [0.2, 0.25) is 0 Å². The van der Waals surface area contributed by atoms with Gasteiger partial charge < -0.3 is 15.0 Å². The highest BCUT2D eigenvalue weighted by atomic mass is 19.4. The van der Waals surface area contributed by atoms with Crippen LogP contribution in [0.25, 0.3) is 0 Å². The van der Waals surface area contributed by atoms with Crippen LogP contribution < -0.4 is 10.2 Å². The molecule has 1 heterocycles. The number of hydrogen-bond donors (Lipinski definition) is 1. The zero-order chi connectivity index (χ0) is 22.4. The Kier molecular flexibility index (Phi) is 7.56. The van der Waals surface area contributed by atoms with Gasteiger partial charge in [-0.05, 0) is 49.0 Å². The third-order valence-electron chi connectivity index (χ3n) is 5.45. The molecule has 1 saturated heterocycles. The van der Waals surface area contributed by atoms with Crippen molar-refractivity contribution in [1.29, 1.82) is 0 Å². The highest BCUT2D eigenvalue weighted by Gasteiger charge is 2.35. The second-order valence-electron chi connectivity index (χ2n) is 7.44. The fourth-order valence-corrected chi connectivity index (χ4v) is 3.56. The molecule has 3 rings (SSSR count). The van der Waals surface area contributed by atoms with Crippen molar-refractivity contribution in [1.82, 2.24) is 4.90 Å². The van der Waals surface area contributed by atoms with E-state index in [0.29, 0.717) is 37.6 Å². The van der Waals surface area contributed by atoms with Crippen LogP contribution in [0, 0.1) is 0 Å². The van der Waals surface area contributed by atoms with E-state index in [1.165, 1.54) is 6.07 Å². The number of nitrogens with one attached hydrogen (secondary N) is 1. The average Bonchev–Trinajstić information content (AvgIpc) is 2.78. The van der Waals surface area contributed by atoms with Crippen molar-refractivity contribution in [3.05, 3.63) is 59.2 Å². The summed E-state index contributed by atoms with van der Waals surface area (Å²) in [5, 5.41) is 2.43. The Bertz CT molecular complexity index is 875. The maximum Gasteiger partial charge on any atom is 0.418 e. The molecule has 2 aromatic carbocycles. The molecule has 168 valence electrons. The molecule has 1 fully saturated rings. The monoisotopic (exact) mass is 435 g/mol. The van der Waals surface area contributed by atoms with Gasteiger partial charge in [0.15, 0.2) is 0 Å². The maximum atomic E-state index is 13.7. The Labute approximate surface area is 180 Å². The molecule has 5 nitrogen and oxygen atoms in total. The van der Waals surface area contributed by atoms with Crippen LogP contribution in [0.2, 0.25) is 0 Å². The smallest absolute Gasteiger partial charge is 0.378 e. The number of morpholine rings is 1. The molecule has 31 heavy (non-hydrogen) atoms. The van der Waals surface area contributed by atoms with Gasteiger partial charge in [0.1, 0.15) is 0 Å². The number of nitrogens with zero attached hydrogens (tertiary/aromatic N) is 2. The van der Waals surface area contributed by atoms with E-state index in [1.54, 1.807) is 18.2 Å². The van der Waals surface area contributed by atoms with Gasteiger partial charge in [0.25, 0.3) is 5.91 Å². The number of carbonyl (C=O) groups is 1. The summed E-state index contributed by atoms with van der Waals surface area (Å²) in [6, 6.07) is 11.0. The van der Waals surface area contributed by atoms with Crippen LogP contribution in [0.4, 0.5) is 24.5 Å². The van der Waals surface area contributed by atoms with Crippen molar-refractivity contribution in [2.24, 2.45) is 0 Å². The van der Waals surface area contributed by atoms with Crippen LogP contribution in [-0.4, -0.2) is 50.2 Å². The van der Waals surface area contributed by atoms with Crippen molar-refractivity contribution in [3.63, 3.8) is 0 Å². The molecule has 1 aliphatic rings. The van der Waals surface area contributed by atoms with E-state index in [1.807, 2.05) is 17.0 Å². The minimum atomic E-state index is -4.58. The number of anilines is 2. The number of rotatable bonds is 7. The molecule has 0 spiro atoms. The summed E-state index contributed by atoms with van der Waals surface area (Å²) in [6.45, 7) is 8.76. The standard InChI is InChI=1S/C23H28F3N3O2/c1-3-28(4-2)16-17-5-7-18(8-6-17)22(30)27-21-10-9-19(15-20(21)23(24,25)26)29-11-13-31-14-12-29/h5-10,15H,3-4,11-14,16H2,1-2H3,(H,27,30). The Balaban J connectivity index is 1.77. The third kappa shape index (κ3) is 5.98. The largest absolute Gasteiger partial charge is 0.418 e. The second-order valence-corrected chi connectivity index (χ2v) is 7.44. The number of hydrogen-bond acceptors (Lipinski definition) is 4. The first kappa shape index (κ1) is 23.1. The van der Waals surface area contributed by atoms with E-state index in [2.05, 4.69) is 24.1 Å². The van der Waals surface area contributed by atoms with Crippen LogP contribution in [0.1, 0.15) is 35.3 Å². The first-order valence-electron chi connectivity index (χ1n) is 10.5. The molecule has 0 unspecified atom stereocenters. The topological polar surface area (TPSA) is 44.8 Å². The van der Waals surface area contributed by atoms with Gasteiger partial charge in [-0.25, -0.2) is 0 Å². The molecule has 0 atom stereocenters. The Morgan fingerprint density at radius 3 is 2.29 bits per heavy atom. The number of carbonyl (C=O) groups excluding carboxylic acids is 1. The van der Waals surface area contributed by atoms with Gasteiger partial charge in [-0.2, -0.15) is 13.2 Å². The van der Waals surface area contributed by atoms with Crippen molar-refractivity contribution >= 4 is 17.3 Å². The number of benzene rings is 2. The molecule has 0 radical (unpaired) electrons. The first-order valence-corrected chi connectivity index (χ1v) is 10.5. The highest BCUT2D eigenvalue weighted by Crippen LogP contribution is 2.37. The summed E-state index contributed by atoms with van der Waals surface area (Å²) in [6.07, 6.45) is -4.58. The number of amides is 1. The van der Waals surface area contributed by atoms with Gasteiger partial charge in [-0.15, -0.1) is 0 Å². The Morgan fingerprint density at radius 2 is 1.71 bits per heavy atom. The third-order valence-corrected chi connectivity index (χ3v) is 5.45. The van der Waals surface area contributed by atoms with Crippen LogP contribution in [-0.2, 0) is 17.5 Å². The number of halogens is 3. The Morgan fingerprint density at radius 1 is 1.06 bits per heavy atom. The normalized spacial score (nSPS) is 14.7. The van der Waals surface area contributed by atoms with Crippen molar-refractivity contribution in [2.45, 2.75) is 26.6 Å². The van der Waals surface area contributed by atoms with Crippen molar-refractivity contribution in [2.75, 3.05) is 49.6 Å². The summed E-state index contributed by atoms with van der Waals surface area (Å²) < 4.78 is 46.3. The van der Waals surface area contributed by atoms with E-state index in [-0.39, 0.29) is 5.69 Å². The Hall–Kier alpha value is -2.58. The fraction of sp³-hybridized carbons (Fsp3) is 0.435. The number of alkyl halides is 3.